The number of benzene rings is 1. The Labute approximate surface area is 228 Å². The first-order valence-electron chi connectivity index (χ1n) is 13.8. The van der Waals surface area contributed by atoms with Gasteiger partial charge in [0.05, 0.1) is 13.2 Å². The Morgan fingerprint density at radius 3 is 2.67 bits per heavy atom. The Bertz CT molecular complexity index is 1380. The predicted molar refractivity (Wildman–Crippen MR) is 148 cm³/mol. The van der Waals surface area contributed by atoms with Gasteiger partial charge in [0.15, 0.2) is 5.82 Å². The fourth-order valence-corrected chi connectivity index (χ4v) is 5.84. The molecule has 2 atom stereocenters. The van der Waals surface area contributed by atoms with Crippen molar-refractivity contribution in [3.05, 3.63) is 41.5 Å². The lowest BCUT2D eigenvalue weighted by Gasteiger charge is -2.32. The lowest BCUT2D eigenvalue weighted by atomic mass is 9.85. The fraction of sp³-hybridized carbons (Fsp3) is 0.517. The number of ether oxygens (including phenoxy) is 1. The van der Waals surface area contributed by atoms with Gasteiger partial charge in [0.2, 0.25) is 5.91 Å². The third-order valence-corrected chi connectivity index (χ3v) is 7.82. The number of pyridine rings is 1. The maximum Gasteiger partial charge on any atom is 0.317 e. The largest absolute Gasteiger partial charge is 0.378 e. The fourth-order valence-electron chi connectivity index (χ4n) is 5.84. The van der Waals surface area contributed by atoms with E-state index in [-0.39, 0.29) is 35.6 Å². The zero-order valence-electron chi connectivity index (χ0n) is 23.1. The molecule has 10 heteroatoms. The van der Waals surface area contributed by atoms with E-state index >= 15 is 4.39 Å². The first-order valence-corrected chi connectivity index (χ1v) is 13.8. The van der Waals surface area contributed by atoms with Crippen molar-refractivity contribution in [2.24, 2.45) is 13.0 Å². The van der Waals surface area contributed by atoms with Gasteiger partial charge in [-0.25, -0.2) is 14.2 Å². The zero-order valence-corrected chi connectivity index (χ0v) is 23.1. The van der Waals surface area contributed by atoms with Crippen LogP contribution in [0.3, 0.4) is 0 Å². The highest BCUT2D eigenvalue weighted by Crippen LogP contribution is 2.34. The van der Waals surface area contributed by atoms with Gasteiger partial charge in [-0.2, -0.15) is 5.10 Å². The van der Waals surface area contributed by atoms with Crippen molar-refractivity contribution in [3.8, 4) is 11.1 Å². The summed E-state index contributed by atoms with van der Waals surface area (Å²) < 4.78 is 22.2. The van der Waals surface area contributed by atoms with Crippen LogP contribution in [0.15, 0.2) is 24.4 Å². The SMILES string of the molecule is Cc1cnc(NC(=O)[C@H]2CCC[C@@H](NC(=O)N3CCOCC3)C2)cc1-c1cc(F)c2nn(C)c(C(C)C)c2c1. The number of nitrogens with one attached hydrogen (secondary N) is 2. The van der Waals surface area contributed by atoms with Crippen LogP contribution in [0.2, 0.25) is 0 Å². The smallest absolute Gasteiger partial charge is 0.317 e. The van der Waals surface area contributed by atoms with Crippen LogP contribution >= 0.6 is 0 Å². The molecule has 0 bridgehead atoms. The molecule has 5 rings (SSSR count). The molecule has 9 nitrogen and oxygen atoms in total. The number of amides is 3. The van der Waals surface area contributed by atoms with E-state index in [1.807, 2.05) is 20.0 Å². The molecule has 1 aliphatic heterocycles. The number of fused-ring (bicyclic) bond motifs is 1. The minimum atomic E-state index is -0.376. The molecule has 208 valence electrons. The average Bonchev–Trinajstić information content (AvgIpc) is 3.27. The van der Waals surface area contributed by atoms with Crippen LogP contribution in [-0.4, -0.2) is 63.9 Å². The normalized spacial score (nSPS) is 19.9. The van der Waals surface area contributed by atoms with Crippen molar-refractivity contribution in [3.63, 3.8) is 0 Å². The van der Waals surface area contributed by atoms with E-state index < -0.39 is 0 Å². The van der Waals surface area contributed by atoms with Crippen molar-refractivity contribution in [1.82, 2.24) is 25.0 Å². The summed E-state index contributed by atoms with van der Waals surface area (Å²) in [7, 11) is 1.84. The molecule has 39 heavy (non-hydrogen) atoms. The number of aromatic nitrogens is 3. The highest BCUT2D eigenvalue weighted by Gasteiger charge is 2.30. The first-order chi connectivity index (χ1) is 18.7. The van der Waals surface area contributed by atoms with Crippen LogP contribution in [0.1, 0.15) is 56.7 Å². The van der Waals surface area contributed by atoms with Gasteiger partial charge >= 0.3 is 6.03 Å². The molecule has 3 amide bonds. The minimum absolute atomic E-state index is 0.0456. The molecule has 2 aromatic heterocycles. The van der Waals surface area contributed by atoms with E-state index in [9.17, 15) is 9.59 Å². The number of carbonyl (C=O) groups is 2. The number of morpholine rings is 1. The quantitative estimate of drug-likeness (QED) is 0.490. The second-order valence-corrected chi connectivity index (χ2v) is 11.0. The summed E-state index contributed by atoms with van der Waals surface area (Å²) in [5.41, 5.74) is 3.73. The highest BCUT2D eigenvalue weighted by atomic mass is 19.1. The molecule has 1 saturated heterocycles. The monoisotopic (exact) mass is 536 g/mol. The summed E-state index contributed by atoms with van der Waals surface area (Å²) in [5, 5.41) is 11.3. The Morgan fingerprint density at radius 2 is 1.92 bits per heavy atom. The van der Waals surface area contributed by atoms with Crippen molar-refractivity contribution in [1.29, 1.82) is 0 Å². The minimum Gasteiger partial charge on any atom is -0.378 e. The topological polar surface area (TPSA) is 101 Å². The summed E-state index contributed by atoms with van der Waals surface area (Å²) in [6.07, 6.45) is 4.76. The van der Waals surface area contributed by atoms with E-state index in [0.29, 0.717) is 49.6 Å². The maximum absolute atomic E-state index is 15.1. The number of hydrogen-bond acceptors (Lipinski definition) is 5. The summed E-state index contributed by atoms with van der Waals surface area (Å²) in [6.45, 7) is 8.32. The molecule has 1 aliphatic carbocycles. The molecule has 2 fully saturated rings. The van der Waals surface area contributed by atoms with Crippen LogP contribution < -0.4 is 10.6 Å². The summed E-state index contributed by atoms with van der Waals surface area (Å²) in [4.78, 5) is 32.0. The Hall–Kier alpha value is -3.53. The molecular weight excluding hydrogens is 499 g/mol. The predicted octanol–water partition coefficient (Wildman–Crippen LogP) is 4.75. The van der Waals surface area contributed by atoms with Crippen molar-refractivity contribution in [2.75, 3.05) is 31.6 Å². The van der Waals surface area contributed by atoms with Crippen LogP contribution in [-0.2, 0) is 16.6 Å². The highest BCUT2D eigenvalue weighted by molar-refractivity contribution is 5.93. The molecule has 3 heterocycles. The van der Waals surface area contributed by atoms with Crippen LogP contribution in [0.4, 0.5) is 15.0 Å². The zero-order chi connectivity index (χ0) is 27.7. The number of aryl methyl sites for hydroxylation is 2. The van der Waals surface area contributed by atoms with Gasteiger partial charge in [-0.3, -0.25) is 9.48 Å². The molecule has 0 radical (unpaired) electrons. The van der Waals surface area contributed by atoms with Crippen molar-refractivity contribution >= 4 is 28.7 Å². The third-order valence-electron chi connectivity index (χ3n) is 7.82. The summed E-state index contributed by atoms with van der Waals surface area (Å²) in [5.74, 6) is -0.104. The second-order valence-electron chi connectivity index (χ2n) is 11.0. The van der Waals surface area contributed by atoms with Gasteiger partial charge in [-0.1, -0.05) is 20.3 Å². The Balaban J connectivity index is 1.31. The number of hydrogen-bond donors (Lipinski definition) is 2. The molecule has 1 aromatic carbocycles. The number of rotatable bonds is 5. The Kier molecular flexibility index (Phi) is 7.83. The molecule has 3 aromatic rings. The van der Waals surface area contributed by atoms with Crippen molar-refractivity contribution in [2.45, 2.75) is 58.4 Å². The molecule has 1 saturated carbocycles. The average molecular weight is 537 g/mol. The van der Waals surface area contributed by atoms with E-state index in [1.54, 1.807) is 21.8 Å². The molecule has 0 unspecified atom stereocenters. The van der Waals surface area contributed by atoms with Gasteiger partial charge in [-0.15, -0.1) is 0 Å². The van der Waals surface area contributed by atoms with Crippen LogP contribution in [0.5, 0.6) is 0 Å². The van der Waals surface area contributed by atoms with E-state index in [1.165, 1.54) is 6.07 Å². The standard InChI is InChI=1S/C29H37FN6O3/c1-17(2)27-23-13-20(14-24(30)26(23)34-35(27)4)22-15-25(31-16-18(22)3)33-28(37)19-6-5-7-21(12-19)32-29(38)36-8-10-39-11-9-36/h13-17,19,21H,5-12H2,1-4H3,(H,32,38)(H,31,33,37)/t19-,21+/m0/s1. The number of urea groups is 1. The number of halogens is 1. The lowest BCUT2D eigenvalue weighted by Crippen LogP contribution is -2.50. The van der Waals surface area contributed by atoms with Crippen LogP contribution in [0, 0.1) is 18.7 Å². The first kappa shape index (κ1) is 27.1. The summed E-state index contributed by atoms with van der Waals surface area (Å²) >= 11 is 0. The van der Waals surface area contributed by atoms with Gasteiger partial charge in [0.1, 0.15) is 11.3 Å². The number of anilines is 1. The van der Waals surface area contributed by atoms with E-state index in [0.717, 1.165) is 41.5 Å². The maximum atomic E-state index is 15.1. The molecule has 2 aliphatic rings. The van der Waals surface area contributed by atoms with E-state index in [4.69, 9.17) is 4.74 Å². The van der Waals surface area contributed by atoms with Gasteiger partial charge in [0.25, 0.3) is 0 Å². The van der Waals surface area contributed by atoms with Gasteiger partial charge < -0.3 is 20.3 Å². The van der Waals surface area contributed by atoms with E-state index in [2.05, 4.69) is 34.6 Å². The molecular formula is C29H37FN6O3. The summed E-state index contributed by atoms with van der Waals surface area (Å²) in [6, 6.07) is 5.14. The third kappa shape index (κ3) is 5.75. The Morgan fingerprint density at radius 1 is 1.15 bits per heavy atom. The lowest BCUT2D eigenvalue weighted by molar-refractivity contribution is -0.121. The van der Waals surface area contributed by atoms with Crippen LogP contribution in [0.25, 0.3) is 22.0 Å². The second kappa shape index (κ2) is 11.3. The van der Waals surface area contributed by atoms with Gasteiger partial charge in [0, 0.05) is 49.4 Å². The van der Waals surface area contributed by atoms with Gasteiger partial charge in [-0.05, 0) is 67.0 Å². The number of carbonyl (C=O) groups excluding carboxylic acids is 2. The number of nitrogens with zero attached hydrogens (tertiary/aromatic N) is 4. The molecule has 0 spiro atoms. The van der Waals surface area contributed by atoms with Crippen molar-refractivity contribution < 1.29 is 18.7 Å². The molecule has 2 N–H and O–H groups in total.